The lowest BCUT2D eigenvalue weighted by molar-refractivity contribution is 0.0769. The number of hydrogen-bond acceptors (Lipinski definition) is 8. The molecule has 0 saturated carbocycles. The van der Waals surface area contributed by atoms with Gasteiger partial charge in [-0.25, -0.2) is 9.97 Å². The molecule has 1 fully saturated rings. The number of carbonyl (C=O) groups is 1. The van der Waals surface area contributed by atoms with Crippen molar-refractivity contribution in [2.24, 2.45) is 7.05 Å². The molecule has 172 valence electrons. The van der Waals surface area contributed by atoms with Crippen LogP contribution in [0.1, 0.15) is 42.1 Å². The molecule has 0 aliphatic carbocycles. The minimum atomic E-state index is -0.188. The second kappa shape index (κ2) is 8.30. The van der Waals surface area contributed by atoms with Crippen molar-refractivity contribution in [1.82, 2.24) is 39.4 Å². The van der Waals surface area contributed by atoms with Crippen LogP contribution >= 0.6 is 0 Å². The van der Waals surface area contributed by atoms with Gasteiger partial charge < -0.3 is 18.7 Å². The molecule has 5 rings (SSSR count). The van der Waals surface area contributed by atoms with Gasteiger partial charge in [0.05, 0.1) is 24.5 Å². The van der Waals surface area contributed by atoms with Crippen LogP contribution in [0.15, 0.2) is 23.2 Å². The molecule has 0 radical (unpaired) electrons. The van der Waals surface area contributed by atoms with Crippen LogP contribution in [-0.2, 0) is 20.0 Å². The molecule has 0 bridgehead atoms. The number of ether oxygens (including phenoxy) is 1. The van der Waals surface area contributed by atoms with Gasteiger partial charge in [-0.2, -0.15) is 10.1 Å². The first kappa shape index (κ1) is 21.1. The Kier molecular flexibility index (Phi) is 5.31. The molecule has 1 aliphatic rings. The lowest BCUT2D eigenvalue weighted by atomic mass is 10.2. The lowest BCUT2D eigenvalue weighted by Crippen LogP contribution is -2.31. The highest BCUT2D eigenvalue weighted by Gasteiger charge is 2.31. The number of fused-ring (bicyclic) bond motifs is 1. The molecule has 1 aliphatic heterocycles. The zero-order valence-corrected chi connectivity index (χ0v) is 19.1. The first-order valence-electron chi connectivity index (χ1n) is 11.1. The van der Waals surface area contributed by atoms with Gasteiger partial charge in [0.2, 0.25) is 5.88 Å². The SMILES string of the molecule is CCc1oncc1C(=O)N1CC[C@H](Oc2ncnc3c2nc(-c2cnn(CC)c2C)n3C)C1. The van der Waals surface area contributed by atoms with Crippen molar-refractivity contribution < 1.29 is 14.1 Å². The maximum Gasteiger partial charge on any atom is 0.259 e. The fourth-order valence-corrected chi connectivity index (χ4v) is 4.32. The number of carbonyl (C=O) groups excluding carboxylic acids is 1. The molecule has 11 nitrogen and oxygen atoms in total. The van der Waals surface area contributed by atoms with Crippen LogP contribution in [0.4, 0.5) is 0 Å². The van der Waals surface area contributed by atoms with Crippen LogP contribution in [0.5, 0.6) is 5.88 Å². The number of hydrogen-bond donors (Lipinski definition) is 0. The van der Waals surface area contributed by atoms with E-state index < -0.39 is 0 Å². The molecular formula is C22H26N8O3. The molecule has 0 spiro atoms. The van der Waals surface area contributed by atoms with Gasteiger partial charge in [0.15, 0.2) is 11.2 Å². The van der Waals surface area contributed by atoms with Crippen LogP contribution in [-0.4, -0.2) is 64.5 Å². The van der Waals surface area contributed by atoms with Crippen molar-refractivity contribution >= 4 is 17.1 Å². The standard InChI is InChI=1S/C22H26N8O3/c1-5-17-16(10-26-33-17)22(31)29-8-7-14(11-29)32-21-18-20(23-12-24-21)28(4)19(27-18)15-9-25-30(6-2)13(15)3/h9-10,12,14H,5-8,11H2,1-4H3/t14-/m0/s1. The number of rotatable bonds is 6. The summed E-state index contributed by atoms with van der Waals surface area (Å²) in [6, 6.07) is 0. The van der Waals surface area contributed by atoms with Gasteiger partial charge >= 0.3 is 0 Å². The van der Waals surface area contributed by atoms with Crippen molar-refractivity contribution in [3.05, 3.63) is 35.7 Å². The minimum Gasteiger partial charge on any atom is -0.471 e. The maximum atomic E-state index is 12.9. The Bertz CT molecular complexity index is 1320. The van der Waals surface area contributed by atoms with Crippen molar-refractivity contribution in [3.8, 4) is 17.3 Å². The Balaban J connectivity index is 1.39. The summed E-state index contributed by atoms with van der Waals surface area (Å²) in [5.74, 6) is 1.69. The van der Waals surface area contributed by atoms with Crippen LogP contribution in [0.3, 0.4) is 0 Å². The Labute approximate surface area is 190 Å². The van der Waals surface area contributed by atoms with Crippen LogP contribution in [0, 0.1) is 6.92 Å². The smallest absolute Gasteiger partial charge is 0.259 e. The Morgan fingerprint density at radius 3 is 2.88 bits per heavy atom. The van der Waals surface area contributed by atoms with Gasteiger partial charge in [-0.3, -0.25) is 9.48 Å². The maximum absolute atomic E-state index is 12.9. The summed E-state index contributed by atoms with van der Waals surface area (Å²) in [6.45, 7) is 7.85. The summed E-state index contributed by atoms with van der Waals surface area (Å²) in [4.78, 5) is 28.2. The second-order valence-corrected chi connectivity index (χ2v) is 8.10. The van der Waals surface area contributed by atoms with E-state index in [-0.39, 0.29) is 12.0 Å². The van der Waals surface area contributed by atoms with Gasteiger partial charge in [0.1, 0.15) is 29.6 Å². The highest BCUT2D eigenvalue weighted by Crippen LogP contribution is 2.30. The normalized spacial score (nSPS) is 16.1. The van der Waals surface area contributed by atoms with Crippen molar-refractivity contribution in [2.45, 2.75) is 46.3 Å². The average Bonchev–Trinajstić information content (AvgIpc) is 3.60. The van der Waals surface area contributed by atoms with E-state index >= 15 is 0 Å². The van der Waals surface area contributed by atoms with Crippen LogP contribution < -0.4 is 4.74 Å². The highest BCUT2D eigenvalue weighted by molar-refractivity contribution is 5.95. The second-order valence-electron chi connectivity index (χ2n) is 8.10. The van der Waals surface area contributed by atoms with Crippen molar-refractivity contribution in [3.63, 3.8) is 0 Å². The average molecular weight is 451 g/mol. The van der Waals surface area contributed by atoms with Crippen LogP contribution in [0.2, 0.25) is 0 Å². The van der Waals surface area contributed by atoms with E-state index in [0.29, 0.717) is 54.3 Å². The zero-order chi connectivity index (χ0) is 23.1. The first-order chi connectivity index (χ1) is 16.0. The molecule has 4 aromatic rings. The number of likely N-dealkylation sites (tertiary alicyclic amines) is 1. The van der Waals surface area contributed by atoms with E-state index in [9.17, 15) is 4.79 Å². The fourth-order valence-electron chi connectivity index (χ4n) is 4.32. The predicted molar refractivity (Wildman–Crippen MR) is 119 cm³/mol. The third-order valence-electron chi connectivity index (χ3n) is 6.17. The van der Waals surface area contributed by atoms with E-state index in [0.717, 1.165) is 23.6 Å². The summed E-state index contributed by atoms with van der Waals surface area (Å²) >= 11 is 0. The monoisotopic (exact) mass is 450 g/mol. The van der Waals surface area contributed by atoms with E-state index in [4.69, 9.17) is 14.2 Å². The van der Waals surface area contributed by atoms with E-state index in [1.165, 1.54) is 12.5 Å². The molecule has 0 unspecified atom stereocenters. The Morgan fingerprint density at radius 2 is 2.12 bits per heavy atom. The summed E-state index contributed by atoms with van der Waals surface area (Å²) in [6.07, 6.45) is 5.92. The van der Waals surface area contributed by atoms with E-state index in [1.807, 2.05) is 36.3 Å². The molecule has 33 heavy (non-hydrogen) atoms. The summed E-state index contributed by atoms with van der Waals surface area (Å²) < 4.78 is 15.3. The molecule has 0 N–H and O–H groups in total. The highest BCUT2D eigenvalue weighted by atomic mass is 16.5. The van der Waals surface area contributed by atoms with Gasteiger partial charge in [0, 0.05) is 38.7 Å². The number of imidazole rings is 1. The van der Waals surface area contributed by atoms with Gasteiger partial charge in [-0.1, -0.05) is 12.1 Å². The number of amides is 1. The molecule has 1 atom stereocenters. The van der Waals surface area contributed by atoms with Crippen molar-refractivity contribution in [1.29, 1.82) is 0 Å². The third kappa shape index (κ3) is 3.53. The van der Waals surface area contributed by atoms with Gasteiger partial charge in [-0.15, -0.1) is 0 Å². The molecule has 4 aromatic heterocycles. The quantitative estimate of drug-likeness (QED) is 0.440. The molecular weight excluding hydrogens is 424 g/mol. The molecule has 1 saturated heterocycles. The summed E-state index contributed by atoms with van der Waals surface area (Å²) in [7, 11) is 1.92. The Hall–Kier alpha value is -3.76. The summed E-state index contributed by atoms with van der Waals surface area (Å²) in [5, 5.41) is 8.20. The van der Waals surface area contributed by atoms with Crippen molar-refractivity contribution in [2.75, 3.05) is 13.1 Å². The van der Waals surface area contributed by atoms with Gasteiger partial charge in [0.25, 0.3) is 5.91 Å². The number of aromatic nitrogens is 7. The van der Waals surface area contributed by atoms with E-state index in [1.54, 1.807) is 4.90 Å². The first-order valence-corrected chi connectivity index (χ1v) is 11.1. The number of nitrogens with zero attached hydrogens (tertiary/aromatic N) is 8. The van der Waals surface area contributed by atoms with Gasteiger partial charge in [-0.05, 0) is 13.8 Å². The number of aryl methyl sites for hydroxylation is 3. The minimum absolute atomic E-state index is 0.0874. The molecule has 5 heterocycles. The topological polar surface area (TPSA) is 117 Å². The van der Waals surface area contributed by atoms with Crippen LogP contribution in [0.25, 0.3) is 22.6 Å². The lowest BCUT2D eigenvalue weighted by Gasteiger charge is -2.16. The van der Waals surface area contributed by atoms with E-state index in [2.05, 4.69) is 27.1 Å². The molecule has 11 heteroatoms. The third-order valence-corrected chi connectivity index (χ3v) is 6.17. The fraction of sp³-hybridized carbons (Fsp3) is 0.455. The largest absolute Gasteiger partial charge is 0.471 e. The molecule has 1 amide bonds. The summed E-state index contributed by atoms with van der Waals surface area (Å²) in [5.41, 5.74) is 3.77. The molecule has 0 aromatic carbocycles. The zero-order valence-electron chi connectivity index (χ0n) is 19.1. The Morgan fingerprint density at radius 1 is 1.27 bits per heavy atom. The predicted octanol–water partition coefficient (Wildman–Crippen LogP) is 2.40.